The molecule has 0 aromatic rings. The predicted molar refractivity (Wildman–Crippen MR) is 60.6 cm³/mol. The van der Waals surface area contributed by atoms with Crippen LogP contribution in [-0.4, -0.2) is 23.4 Å². The third-order valence-corrected chi connectivity index (χ3v) is 4.58. The van der Waals surface area contributed by atoms with Crippen LogP contribution < -0.4 is 0 Å². The summed E-state index contributed by atoms with van der Waals surface area (Å²) >= 11 is 0. The zero-order chi connectivity index (χ0) is 11.3. The highest BCUT2D eigenvalue weighted by Crippen LogP contribution is 2.62. The van der Waals surface area contributed by atoms with E-state index in [1.165, 1.54) is 12.8 Å². The van der Waals surface area contributed by atoms with Gasteiger partial charge in [-0.25, -0.2) is 0 Å². The maximum absolute atomic E-state index is 9.03. The van der Waals surface area contributed by atoms with Crippen molar-refractivity contribution in [3.63, 3.8) is 0 Å². The Bertz CT molecular complexity index is 249. The molecule has 2 heteroatoms. The van der Waals surface area contributed by atoms with Crippen LogP contribution in [0.2, 0.25) is 0 Å². The van der Waals surface area contributed by atoms with Crippen molar-refractivity contribution in [2.75, 3.05) is 6.61 Å². The second-order valence-electron chi connectivity index (χ2n) is 6.40. The molecule has 0 spiro atoms. The first-order chi connectivity index (χ1) is 6.90. The van der Waals surface area contributed by atoms with E-state index >= 15 is 0 Å². The van der Waals surface area contributed by atoms with E-state index < -0.39 is 0 Å². The van der Waals surface area contributed by atoms with Crippen molar-refractivity contribution < 1.29 is 9.84 Å². The Labute approximate surface area is 93.0 Å². The zero-order valence-corrected chi connectivity index (χ0v) is 10.4. The number of ether oxygens (including phenoxy) is 1. The highest BCUT2D eigenvalue weighted by Gasteiger charge is 2.67. The Morgan fingerprint density at radius 2 is 2.07 bits per heavy atom. The van der Waals surface area contributed by atoms with Crippen molar-refractivity contribution in [3.05, 3.63) is 0 Å². The van der Waals surface area contributed by atoms with Gasteiger partial charge in [0.15, 0.2) is 0 Å². The van der Waals surface area contributed by atoms with Gasteiger partial charge in [0.2, 0.25) is 0 Å². The van der Waals surface area contributed by atoms with Crippen molar-refractivity contribution in [1.82, 2.24) is 0 Å². The van der Waals surface area contributed by atoms with Crippen LogP contribution in [0, 0.1) is 17.3 Å². The van der Waals surface area contributed by atoms with Gasteiger partial charge in [-0.1, -0.05) is 20.8 Å². The van der Waals surface area contributed by atoms with E-state index in [2.05, 4.69) is 27.7 Å². The van der Waals surface area contributed by atoms with Gasteiger partial charge >= 0.3 is 0 Å². The summed E-state index contributed by atoms with van der Waals surface area (Å²) in [4.78, 5) is 0. The molecule has 2 rings (SSSR count). The lowest BCUT2D eigenvalue weighted by atomic mass is 9.77. The summed E-state index contributed by atoms with van der Waals surface area (Å²) in [6, 6.07) is 0. The molecule has 2 aliphatic rings. The summed E-state index contributed by atoms with van der Waals surface area (Å²) in [5.74, 6) is 1.22. The van der Waals surface area contributed by atoms with Gasteiger partial charge in [-0.2, -0.15) is 0 Å². The van der Waals surface area contributed by atoms with Gasteiger partial charge in [0.1, 0.15) is 0 Å². The number of aliphatic hydroxyl groups excluding tert-OH is 1. The Hall–Kier alpha value is -0.0800. The fourth-order valence-corrected chi connectivity index (χ4v) is 3.35. The third-order valence-electron chi connectivity index (χ3n) is 4.58. The van der Waals surface area contributed by atoms with E-state index in [-0.39, 0.29) is 5.60 Å². The normalized spacial score (nSPS) is 43.8. The van der Waals surface area contributed by atoms with E-state index in [0.29, 0.717) is 24.0 Å². The van der Waals surface area contributed by atoms with Gasteiger partial charge < -0.3 is 9.84 Å². The number of epoxide rings is 1. The lowest BCUT2D eigenvalue weighted by molar-refractivity contribution is 0.0974. The summed E-state index contributed by atoms with van der Waals surface area (Å²) in [6.07, 6.45) is 4.08. The molecule has 2 nitrogen and oxygen atoms in total. The largest absolute Gasteiger partial charge is 0.396 e. The molecule has 0 radical (unpaired) electrons. The smallest absolute Gasteiger partial charge is 0.0929 e. The van der Waals surface area contributed by atoms with E-state index in [1.807, 2.05) is 0 Å². The molecule has 0 amide bonds. The van der Waals surface area contributed by atoms with Crippen molar-refractivity contribution in [3.8, 4) is 0 Å². The third kappa shape index (κ3) is 1.83. The van der Waals surface area contributed by atoms with Crippen molar-refractivity contribution >= 4 is 0 Å². The van der Waals surface area contributed by atoms with Crippen LogP contribution in [0.1, 0.15) is 47.0 Å². The molecular weight excluding hydrogens is 188 g/mol. The SMILES string of the molecule is CC(CO)CC[C@H]1C[C@@]2(C)O[C@H]2C1(C)C. The van der Waals surface area contributed by atoms with Crippen LogP contribution in [-0.2, 0) is 4.74 Å². The molecule has 0 aromatic heterocycles. The van der Waals surface area contributed by atoms with Gasteiger partial charge in [-0.3, -0.25) is 0 Å². The summed E-state index contributed by atoms with van der Waals surface area (Å²) < 4.78 is 5.77. The van der Waals surface area contributed by atoms with Gasteiger partial charge in [0, 0.05) is 6.61 Å². The van der Waals surface area contributed by atoms with E-state index in [4.69, 9.17) is 9.84 Å². The molecule has 15 heavy (non-hydrogen) atoms. The highest BCUT2D eigenvalue weighted by atomic mass is 16.6. The molecule has 0 aromatic carbocycles. The van der Waals surface area contributed by atoms with Crippen molar-refractivity contribution in [2.45, 2.75) is 58.7 Å². The lowest BCUT2D eigenvalue weighted by Crippen LogP contribution is -2.25. The molecule has 4 atom stereocenters. The minimum atomic E-state index is 0.191. The van der Waals surface area contributed by atoms with Gasteiger partial charge in [-0.05, 0) is 43.4 Å². The highest BCUT2D eigenvalue weighted by molar-refractivity contribution is 5.15. The van der Waals surface area contributed by atoms with Crippen LogP contribution >= 0.6 is 0 Å². The Morgan fingerprint density at radius 1 is 1.40 bits per heavy atom. The fourth-order valence-electron chi connectivity index (χ4n) is 3.35. The summed E-state index contributed by atoms with van der Waals surface area (Å²) in [5, 5.41) is 9.03. The topological polar surface area (TPSA) is 32.8 Å². The van der Waals surface area contributed by atoms with Crippen LogP contribution in [0.3, 0.4) is 0 Å². The Balaban J connectivity index is 1.89. The summed E-state index contributed by atoms with van der Waals surface area (Å²) in [7, 11) is 0. The number of aliphatic hydroxyl groups is 1. The summed E-state index contributed by atoms with van der Waals surface area (Å²) in [6.45, 7) is 9.37. The molecule has 1 heterocycles. The number of hydrogen-bond donors (Lipinski definition) is 1. The molecule has 1 aliphatic heterocycles. The zero-order valence-electron chi connectivity index (χ0n) is 10.4. The first-order valence-electron chi connectivity index (χ1n) is 6.19. The Kier molecular flexibility index (Phi) is 2.63. The molecule has 1 unspecified atom stereocenters. The average Bonchev–Trinajstić information content (AvgIpc) is 2.80. The molecule has 1 aliphatic carbocycles. The Morgan fingerprint density at radius 3 is 2.53 bits per heavy atom. The fraction of sp³-hybridized carbons (Fsp3) is 1.00. The minimum Gasteiger partial charge on any atom is -0.396 e. The molecular formula is C13H24O2. The number of fused-ring (bicyclic) bond motifs is 1. The average molecular weight is 212 g/mol. The standard InChI is InChI=1S/C13H24O2/c1-9(8-14)5-6-10-7-13(4)11(15-13)12(10,2)3/h9-11,14H,5-8H2,1-4H3/t9?,10-,11-,13+/m0/s1. The van der Waals surface area contributed by atoms with Crippen LogP contribution in [0.15, 0.2) is 0 Å². The predicted octanol–water partition coefficient (Wildman–Crippen LogP) is 2.60. The second-order valence-corrected chi connectivity index (χ2v) is 6.40. The molecule has 2 fully saturated rings. The minimum absolute atomic E-state index is 0.191. The van der Waals surface area contributed by atoms with Crippen molar-refractivity contribution in [1.29, 1.82) is 0 Å². The molecule has 1 saturated carbocycles. The number of hydrogen-bond acceptors (Lipinski definition) is 2. The van der Waals surface area contributed by atoms with E-state index in [1.54, 1.807) is 0 Å². The first kappa shape index (κ1) is 11.4. The van der Waals surface area contributed by atoms with E-state index in [0.717, 1.165) is 12.3 Å². The molecule has 1 N–H and O–H groups in total. The van der Waals surface area contributed by atoms with Crippen LogP contribution in [0.5, 0.6) is 0 Å². The second kappa shape index (κ2) is 3.46. The van der Waals surface area contributed by atoms with E-state index in [9.17, 15) is 0 Å². The van der Waals surface area contributed by atoms with Gasteiger partial charge in [0.05, 0.1) is 11.7 Å². The van der Waals surface area contributed by atoms with Crippen LogP contribution in [0.25, 0.3) is 0 Å². The first-order valence-corrected chi connectivity index (χ1v) is 6.19. The molecule has 88 valence electrons. The molecule has 1 saturated heterocycles. The summed E-state index contributed by atoms with van der Waals surface area (Å²) in [5.41, 5.74) is 0.528. The van der Waals surface area contributed by atoms with Gasteiger partial charge in [0.25, 0.3) is 0 Å². The van der Waals surface area contributed by atoms with Crippen LogP contribution in [0.4, 0.5) is 0 Å². The molecule has 0 bridgehead atoms. The maximum Gasteiger partial charge on any atom is 0.0929 e. The maximum atomic E-state index is 9.03. The lowest BCUT2D eigenvalue weighted by Gasteiger charge is -2.29. The monoisotopic (exact) mass is 212 g/mol. The van der Waals surface area contributed by atoms with Crippen molar-refractivity contribution in [2.24, 2.45) is 17.3 Å². The van der Waals surface area contributed by atoms with Gasteiger partial charge in [-0.15, -0.1) is 0 Å². The quantitative estimate of drug-likeness (QED) is 0.727. The number of rotatable bonds is 4.